The number of pyridine rings is 1. The molecule has 0 amide bonds. The van der Waals surface area contributed by atoms with Gasteiger partial charge in [-0.3, -0.25) is 4.79 Å². The van der Waals surface area contributed by atoms with E-state index in [0.717, 1.165) is 22.3 Å². The van der Waals surface area contributed by atoms with Gasteiger partial charge in [-0.15, -0.1) is 6.58 Å². The first-order chi connectivity index (χ1) is 8.04. The Morgan fingerprint density at radius 3 is 2.88 bits per heavy atom. The van der Waals surface area contributed by atoms with Crippen molar-refractivity contribution in [1.82, 2.24) is 14.8 Å². The summed E-state index contributed by atoms with van der Waals surface area (Å²) in [7, 11) is 0. The predicted octanol–water partition coefficient (Wildman–Crippen LogP) is 2.34. The van der Waals surface area contributed by atoms with Crippen LogP contribution in [0, 0.1) is 6.92 Å². The highest BCUT2D eigenvalue weighted by molar-refractivity contribution is 5.82. The Hall–Kier alpha value is -1.84. The van der Waals surface area contributed by atoms with Gasteiger partial charge >= 0.3 is 0 Å². The molecule has 2 aromatic rings. The minimum absolute atomic E-state index is 0.0774. The fourth-order valence-electron chi connectivity index (χ4n) is 2.13. The van der Waals surface area contributed by atoms with Crippen molar-refractivity contribution in [3.63, 3.8) is 0 Å². The third-order valence-electron chi connectivity index (χ3n) is 2.87. The molecule has 0 unspecified atom stereocenters. The summed E-state index contributed by atoms with van der Waals surface area (Å²) in [6.07, 6.45) is 1.77. The van der Waals surface area contributed by atoms with Crippen molar-refractivity contribution in [3.8, 4) is 0 Å². The highest BCUT2D eigenvalue weighted by Gasteiger charge is 2.14. The van der Waals surface area contributed by atoms with Crippen molar-refractivity contribution < 1.29 is 0 Å². The Labute approximate surface area is 100.0 Å². The summed E-state index contributed by atoms with van der Waals surface area (Å²) < 4.78 is 1.78. The first-order valence-electron chi connectivity index (χ1n) is 5.75. The van der Waals surface area contributed by atoms with Crippen LogP contribution in [-0.2, 0) is 6.54 Å². The first-order valence-corrected chi connectivity index (χ1v) is 5.75. The van der Waals surface area contributed by atoms with Crippen LogP contribution < -0.4 is 5.56 Å². The van der Waals surface area contributed by atoms with Gasteiger partial charge in [0.1, 0.15) is 5.65 Å². The van der Waals surface area contributed by atoms with Gasteiger partial charge in [-0.25, -0.2) is 4.68 Å². The van der Waals surface area contributed by atoms with Crippen LogP contribution in [0.4, 0.5) is 0 Å². The van der Waals surface area contributed by atoms with E-state index in [1.807, 2.05) is 6.92 Å². The Balaban J connectivity index is 2.85. The lowest BCUT2D eigenvalue weighted by atomic mass is 10.0. The number of aromatic amines is 1. The van der Waals surface area contributed by atoms with Crippen molar-refractivity contribution >= 4 is 11.0 Å². The standard InChI is InChI=1S/C13H17N3O/c1-5-6-16-13-12(9(4)15-16)10(8(2)3)7-11(17)14-13/h5,7-8H,1,6H2,2-4H3,(H,14,17). The van der Waals surface area contributed by atoms with Gasteiger partial charge in [0.25, 0.3) is 0 Å². The minimum Gasteiger partial charge on any atom is -0.307 e. The van der Waals surface area contributed by atoms with Gasteiger partial charge in [0, 0.05) is 11.5 Å². The van der Waals surface area contributed by atoms with Crippen LogP contribution in [0.25, 0.3) is 11.0 Å². The van der Waals surface area contributed by atoms with Crippen LogP contribution in [0.1, 0.15) is 31.0 Å². The zero-order chi connectivity index (χ0) is 12.6. The van der Waals surface area contributed by atoms with Crippen molar-refractivity contribution in [2.75, 3.05) is 0 Å². The van der Waals surface area contributed by atoms with Gasteiger partial charge in [-0.2, -0.15) is 5.10 Å². The number of allylic oxidation sites excluding steroid dienone is 1. The highest BCUT2D eigenvalue weighted by Crippen LogP contribution is 2.25. The van der Waals surface area contributed by atoms with Crippen molar-refractivity contribution in [1.29, 1.82) is 0 Å². The van der Waals surface area contributed by atoms with E-state index in [2.05, 4.69) is 30.5 Å². The summed E-state index contributed by atoms with van der Waals surface area (Å²) in [5, 5.41) is 5.50. The molecular formula is C13H17N3O. The molecule has 0 fully saturated rings. The van der Waals surface area contributed by atoms with Crippen molar-refractivity contribution in [2.45, 2.75) is 33.2 Å². The number of H-pyrrole nitrogens is 1. The van der Waals surface area contributed by atoms with Gasteiger partial charge in [0.2, 0.25) is 5.56 Å². The number of aryl methyl sites for hydroxylation is 1. The second kappa shape index (κ2) is 4.20. The van der Waals surface area contributed by atoms with Crippen LogP contribution in [0.3, 0.4) is 0 Å². The lowest BCUT2D eigenvalue weighted by Gasteiger charge is -2.07. The van der Waals surface area contributed by atoms with E-state index in [9.17, 15) is 4.79 Å². The van der Waals surface area contributed by atoms with Crippen LogP contribution in [0.5, 0.6) is 0 Å². The average Bonchev–Trinajstić information content (AvgIpc) is 2.55. The predicted molar refractivity (Wildman–Crippen MR) is 69.4 cm³/mol. The number of fused-ring (bicyclic) bond motifs is 1. The number of hydrogen-bond acceptors (Lipinski definition) is 2. The maximum absolute atomic E-state index is 11.7. The Bertz CT molecular complexity index is 619. The van der Waals surface area contributed by atoms with E-state index < -0.39 is 0 Å². The summed E-state index contributed by atoms with van der Waals surface area (Å²) in [4.78, 5) is 14.5. The summed E-state index contributed by atoms with van der Waals surface area (Å²) in [5.41, 5.74) is 2.71. The topological polar surface area (TPSA) is 50.7 Å². The Kier molecular flexibility index (Phi) is 2.88. The molecule has 0 aliphatic carbocycles. The molecule has 1 N–H and O–H groups in total. The van der Waals surface area contributed by atoms with E-state index in [1.165, 1.54) is 0 Å². The second-order valence-corrected chi connectivity index (χ2v) is 4.52. The first kappa shape index (κ1) is 11.6. The molecule has 2 aromatic heterocycles. The zero-order valence-corrected chi connectivity index (χ0v) is 10.4. The molecule has 0 aliphatic heterocycles. The lowest BCUT2D eigenvalue weighted by molar-refractivity contribution is 0.710. The van der Waals surface area contributed by atoms with Gasteiger partial charge < -0.3 is 4.98 Å². The number of nitrogens with zero attached hydrogens (tertiary/aromatic N) is 2. The van der Waals surface area contributed by atoms with E-state index in [1.54, 1.807) is 16.8 Å². The summed E-state index contributed by atoms with van der Waals surface area (Å²) in [5.74, 6) is 0.305. The van der Waals surface area contributed by atoms with Crippen LogP contribution >= 0.6 is 0 Å². The third-order valence-corrected chi connectivity index (χ3v) is 2.87. The Morgan fingerprint density at radius 1 is 1.59 bits per heavy atom. The maximum Gasteiger partial charge on any atom is 0.249 e. The average molecular weight is 231 g/mol. The molecule has 0 aromatic carbocycles. The molecule has 2 rings (SSSR count). The normalized spacial score (nSPS) is 11.3. The molecule has 0 radical (unpaired) electrons. The molecular weight excluding hydrogens is 214 g/mol. The molecule has 0 bridgehead atoms. The summed E-state index contributed by atoms with van der Waals surface area (Å²) in [6.45, 7) is 10.4. The minimum atomic E-state index is -0.0774. The number of hydrogen-bond donors (Lipinski definition) is 1. The van der Waals surface area contributed by atoms with Crippen LogP contribution in [0.15, 0.2) is 23.5 Å². The number of nitrogens with one attached hydrogen (secondary N) is 1. The molecule has 0 atom stereocenters. The fraction of sp³-hybridized carbons (Fsp3) is 0.385. The van der Waals surface area contributed by atoms with Gasteiger partial charge in [0.15, 0.2) is 0 Å². The molecule has 17 heavy (non-hydrogen) atoms. The quantitative estimate of drug-likeness (QED) is 0.824. The Morgan fingerprint density at radius 2 is 2.29 bits per heavy atom. The molecule has 2 heterocycles. The molecule has 4 heteroatoms. The van der Waals surface area contributed by atoms with Crippen LogP contribution in [0.2, 0.25) is 0 Å². The number of rotatable bonds is 3. The van der Waals surface area contributed by atoms with Crippen LogP contribution in [-0.4, -0.2) is 14.8 Å². The van der Waals surface area contributed by atoms with Gasteiger partial charge in [0.05, 0.1) is 12.2 Å². The maximum atomic E-state index is 11.7. The zero-order valence-electron chi connectivity index (χ0n) is 10.4. The SMILES string of the molecule is C=CCn1nc(C)c2c(C(C)C)cc(=O)[nH]c21. The second-order valence-electron chi connectivity index (χ2n) is 4.52. The van der Waals surface area contributed by atoms with E-state index in [-0.39, 0.29) is 5.56 Å². The summed E-state index contributed by atoms with van der Waals surface area (Å²) >= 11 is 0. The van der Waals surface area contributed by atoms with E-state index in [0.29, 0.717) is 12.5 Å². The van der Waals surface area contributed by atoms with Crippen molar-refractivity contribution in [2.24, 2.45) is 0 Å². The van der Waals surface area contributed by atoms with Crippen molar-refractivity contribution in [3.05, 3.63) is 40.3 Å². The van der Waals surface area contributed by atoms with Gasteiger partial charge in [-0.1, -0.05) is 19.9 Å². The fourth-order valence-corrected chi connectivity index (χ4v) is 2.13. The third kappa shape index (κ3) is 1.90. The summed E-state index contributed by atoms with van der Waals surface area (Å²) in [6, 6.07) is 1.67. The lowest BCUT2D eigenvalue weighted by Crippen LogP contribution is -2.10. The highest BCUT2D eigenvalue weighted by atomic mass is 16.1. The molecule has 0 saturated carbocycles. The smallest absolute Gasteiger partial charge is 0.249 e. The number of aromatic nitrogens is 3. The molecule has 0 spiro atoms. The molecule has 0 aliphatic rings. The largest absolute Gasteiger partial charge is 0.307 e. The molecule has 0 saturated heterocycles. The van der Waals surface area contributed by atoms with E-state index >= 15 is 0 Å². The molecule has 90 valence electrons. The monoisotopic (exact) mass is 231 g/mol. The van der Waals surface area contributed by atoms with E-state index in [4.69, 9.17) is 0 Å². The molecule has 4 nitrogen and oxygen atoms in total. The van der Waals surface area contributed by atoms with Gasteiger partial charge in [-0.05, 0) is 18.4 Å².